The Morgan fingerprint density at radius 2 is 2.05 bits per heavy atom. The average Bonchev–Trinajstić information content (AvgIpc) is 3.02. The predicted molar refractivity (Wildman–Crippen MR) is 80.7 cm³/mol. The maximum Gasteiger partial charge on any atom is 0.329 e. The third kappa shape index (κ3) is 4.03. The van der Waals surface area contributed by atoms with Gasteiger partial charge in [0.2, 0.25) is 5.91 Å². The van der Waals surface area contributed by atoms with Crippen molar-refractivity contribution in [1.82, 2.24) is 10.6 Å². The molecule has 22 heavy (non-hydrogen) atoms. The predicted octanol–water partition coefficient (Wildman–Crippen LogP) is 0.866. The molecule has 1 aromatic rings. The topological polar surface area (TPSA) is 109 Å². The minimum absolute atomic E-state index is 0.0224. The molecule has 120 valence electrons. The standard InChI is InChI=1S/C14H18N2O5S/c17-11(3-6-15-12(18)10-2-1-7-21-10)16-14(13(19)20)4-8-22-9-5-14/h1-2,7H,3-6,8-9H2,(H,15,18)(H,16,17)(H,19,20). The molecule has 2 amide bonds. The molecule has 0 aliphatic carbocycles. The zero-order chi connectivity index (χ0) is 16.0. The SMILES string of the molecule is O=C(CCNC(=O)c1ccco1)NC1(C(=O)O)CCSCC1. The molecule has 1 aliphatic heterocycles. The van der Waals surface area contributed by atoms with Gasteiger partial charge in [-0.3, -0.25) is 9.59 Å². The van der Waals surface area contributed by atoms with Crippen LogP contribution in [-0.2, 0) is 9.59 Å². The molecule has 0 saturated carbocycles. The van der Waals surface area contributed by atoms with Crippen LogP contribution in [0.25, 0.3) is 0 Å². The van der Waals surface area contributed by atoms with Gasteiger partial charge in [0.15, 0.2) is 5.76 Å². The maximum atomic E-state index is 11.9. The number of hydrogen-bond acceptors (Lipinski definition) is 5. The quantitative estimate of drug-likeness (QED) is 0.715. The van der Waals surface area contributed by atoms with Gasteiger partial charge in [0.1, 0.15) is 5.54 Å². The molecule has 0 radical (unpaired) electrons. The molecule has 1 aromatic heterocycles. The Balaban J connectivity index is 1.79. The third-order valence-electron chi connectivity index (χ3n) is 3.52. The Morgan fingerprint density at radius 1 is 1.32 bits per heavy atom. The van der Waals surface area contributed by atoms with E-state index in [2.05, 4.69) is 10.6 Å². The van der Waals surface area contributed by atoms with Gasteiger partial charge in [-0.15, -0.1) is 0 Å². The highest BCUT2D eigenvalue weighted by molar-refractivity contribution is 7.99. The number of carboxylic acids is 1. The van der Waals surface area contributed by atoms with Gasteiger partial charge in [-0.2, -0.15) is 11.8 Å². The monoisotopic (exact) mass is 326 g/mol. The van der Waals surface area contributed by atoms with Crippen LogP contribution >= 0.6 is 11.8 Å². The summed E-state index contributed by atoms with van der Waals surface area (Å²) >= 11 is 1.68. The molecular weight excluding hydrogens is 308 g/mol. The fraction of sp³-hybridized carbons (Fsp3) is 0.500. The van der Waals surface area contributed by atoms with Crippen LogP contribution in [0, 0.1) is 0 Å². The summed E-state index contributed by atoms with van der Waals surface area (Å²) in [5.41, 5.74) is -1.17. The summed E-state index contributed by atoms with van der Waals surface area (Å²) < 4.78 is 4.93. The highest BCUT2D eigenvalue weighted by atomic mass is 32.2. The van der Waals surface area contributed by atoms with E-state index >= 15 is 0 Å². The highest BCUT2D eigenvalue weighted by Gasteiger charge is 2.41. The van der Waals surface area contributed by atoms with Gasteiger partial charge in [-0.1, -0.05) is 0 Å². The first-order valence-electron chi connectivity index (χ1n) is 6.97. The average molecular weight is 326 g/mol. The molecule has 7 nitrogen and oxygen atoms in total. The van der Waals surface area contributed by atoms with Crippen molar-refractivity contribution in [3.63, 3.8) is 0 Å². The van der Waals surface area contributed by atoms with Crippen LogP contribution in [0.1, 0.15) is 29.8 Å². The van der Waals surface area contributed by atoms with Crippen molar-refractivity contribution in [2.45, 2.75) is 24.8 Å². The molecule has 0 aromatic carbocycles. The summed E-state index contributed by atoms with van der Waals surface area (Å²) in [6.45, 7) is 0.121. The summed E-state index contributed by atoms with van der Waals surface area (Å²) in [6, 6.07) is 3.12. The Morgan fingerprint density at radius 3 is 2.64 bits per heavy atom. The molecule has 3 N–H and O–H groups in total. The molecule has 1 aliphatic rings. The maximum absolute atomic E-state index is 11.9. The second kappa shape index (κ2) is 7.35. The molecular formula is C14H18N2O5S. The van der Waals surface area contributed by atoms with Gasteiger partial charge >= 0.3 is 5.97 Å². The van der Waals surface area contributed by atoms with E-state index in [0.29, 0.717) is 24.3 Å². The van der Waals surface area contributed by atoms with Crippen LogP contribution in [0.3, 0.4) is 0 Å². The summed E-state index contributed by atoms with van der Waals surface area (Å²) in [6.07, 6.45) is 2.24. The van der Waals surface area contributed by atoms with Crippen molar-refractivity contribution in [1.29, 1.82) is 0 Å². The molecule has 2 heterocycles. The third-order valence-corrected chi connectivity index (χ3v) is 4.50. The molecule has 1 fully saturated rings. The summed E-state index contributed by atoms with van der Waals surface area (Å²) in [5, 5.41) is 14.5. The Bertz CT molecular complexity index is 537. The number of hydrogen-bond donors (Lipinski definition) is 3. The zero-order valence-electron chi connectivity index (χ0n) is 12.0. The molecule has 0 spiro atoms. The minimum atomic E-state index is -1.17. The first-order chi connectivity index (χ1) is 10.5. The molecule has 0 unspecified atom stereocenters. The van der Waals surface area contributed by atoms with Crippen LogP contribution in [0.4, 0.5) is 0 Å². The van der Waals surface area contributed by atoms with Crippen molar-refractivity contribution in [3.8, 4) is 0 Å². The number of amides is 2. The van der Waals surface area contributed by atoms with E-state index in [1.807, 2.05) is 0 Å². The molecule has 1 saturated heterocycles. The Hall–Kier alpha value is -1.96. The van der Waals surface area contributed by atoms with E-state index in [9.17, 15) is 19.5 Å². The second-order valence-electron chi connectivity index (χ2n) is 5.03. The van der Waals surface area contributed by atoms with Crippen molar-refractivity contribution in [2.24, 2.45) is 0 Å². The van der Waals surface area contributed by atoms with Crippen LogP contribution in [-0.4, -0.2) is 46.5 Å². The Labute approximate surface area is 131 Å². The van der Waals surface area contributed by atoms with Crippen LogP contribution in [0.5, 0.6) is 0 Å². The number of carbonyl (C=O) groups excluding carboxylic acids is 2. The molecule has 8 heteroatoms. The lowest BCUT2D eigenvalue weighted by Gasteiger charge is -2.33. The number of nitrogens with one attached hydrogen (secondary N) is 2. The van der Waals surface area contributed by atoms with Gasteiger partial charge in [0.05, 0.1) is 6.26 Å². The van der Waals surface area contributed by atoms with E-state index in [4.69, 9.17) is 4.42 Å². The van der Waals surface area contributed by atoms with Crippen molar-refractivity contribution in [2.75, 3.05) is 18.1 Å². The fourth-order valence-corrected chi connectivity index (χ4v) is 3.42. The van der Waals surface area contributed by atoms with E-state index in [0.717, 1.165) is 0 Å². The van der Waals surface area contributed by atoms with Gasteiger partial charge in [-0.05, 0) is 36.5 Å². The molecule has 0 bridgehead atoms. The second-order valence-corrected chi connectivity index (χ2v) is 6.26. The van der Waals surface area contributed by atoms with Gasteiger partial charge in [0.25, 0.3) is 5.91 Å². The van der Waals surface area contributed by atoms with Crippen molar-refractivity contribution >= 4 is 29.5 Å². The van der Waals surface area contributed by atoms with E-state index < -0.39 is 17.4 Å². The van der Waals surface area contributed by atoms with Gasteiger partial charge in [-0.25, -0.2) is 4.79 Å². The summed E-state index contributed by atoms with van der Waals surface area (Å²) in [5.74, 6) is -0.190. The molecule has 2 rings (SSSR count). The van der Waals surface area contributed by atoms with Gasteiger partial charge < -0.3 is 20.2 Å². The number of furan rings is 1. The first-order valence-corrected chi connectivity index (χ1v) is 8.13. The largest absolute Gasteiger partial charge is 0.480 e. The van der Waals surface area contributed by atoms with Crippen LogP contribution in [0.2, 0.25) is 0 Å². The Kier molecular flexibility index (Phi) is 5.48. The van der Waals surface area contributed by atoms with E-state index in [1.54, 1.807) is 17.8 Å². The number of carboxylic acid groups (broad SMARTS) is 1. The number of thioether (sulfide) groups is 1. The van der Waals surface area contributed by atoms with Crippen molar-refractivity contribution in [3.05, 3.63) is 24.2 Å². The van der Waals surface area contributed by atoms with Crippen LogP contribution in [0.15, 0.2) is 22.8 Å². The number of aliphatic carboxylic acids is 1. The smallest absolute Gasteiger partial charge is 0.329 e. The fourth-order valence-electron chi connectivity index (χ4n) is 2.23. The normalized spacial score (nSPS) is 16.7. The van der Waals surface area contributed by atoms with E-state index in [1.165, 1.54) is 12.3 Å². The first kappa shape index (κ1) is 16.4. The summed E-state index contributed by atoms with van der Waals surface area (Å²) in [4.78, 5) is 35.0. The van der Waals surface area contributed by atoms with Crippen LogP contribution < -0.4 is 10.6 Å². The zero-order valence-corrected chi connectivity index (χ0v) is 12.8. The van der Waals surface area contributed by atoms with Crippen molar-refractivity contribution < 1.29 is 23.9 Å². The lowest BCUT2D eigenvalue weighted by molar-refractivity contribution is -0.148. The minimum Gasteiger partial charge on any atom is -0.480 e. The molecule has 0 atom stereocenters. The highest BCUT2D eigenvalue weighted by Crippen LogP contribution is 2.27. The number of rotatable bonds is 6. The lowest BCUT2D eigenvalue weighted by Crippen LogP contribution is -2.56. The summed E-state index contributed by atoms with van der Waals surface area (Å²) in [7, 11) is 0. The lowest BCUT2D eigenvalue weighted by atomic mass is 9.92. The van der Waals surface area contributed by atoms with E-state index in [-0.39, 0.29) is 24.6 Å². The van der Waals surface area contributed by atoms with Gasteiger partial charge in [0, 0.05) is 13.0 Å². The number of carbonyl (C=O) groups is 3.